The number of rotatable bonds is 45. The zero-order valence-corrected chi connectivity index (χ0v) is 44.4. The largest absolute Gasteiger partial charge is 0.756 e. The number of allylic oxidation sites excluding steroid dienone is 23. The van der Waals surface area contributed by atoms with Crippen LogP contribution in [0.25, 0.3) is 0 Å². The standard InChI is InChI=1S/C59H97N2O6P/c1-6-8-10-12-14-16-18-19-20-21-22-23-24-25-26-27-28-29-30-31-32-33-34-35-36-37-38-39-40-41-43-45-47-49-51-53-59(63)60-57(56-67-68(64,65)66-55-54-61(3,4)5)58(62)52-50-48-46-44-42-17-15-13-11-9-7-2/h8,10,14,16,19-20,22-23,25-26,28-29,31-32,34-35,37-38,40-42,44,50,52,57-58,62H,6-7,9,11-13,15,17-18,21,24,27,30,33,36,39,43,45-49,51,53-56H2,1-5H3,(H-,60,63,64,65)/b10-8-,16-14-,20-19-,23-22-,26-25-,29-28-,32-31-,35-34-,38-37-,41-40-,44-42+,52-50+. The highest BCUT2D eigenvalue weighted by atomic mass is 31.2. The average molecular weight is 961 g/mol. The normalized spacial score (nSPS) is 15.2. The third-order valence-electron chi connectivity index (χ3n) is 10.5. The van der Waals surface area contributed by atoms with Gasteiger partial charge in [0.1, 0.15) is 13.2 Å². The lowest BCUT2D eigenvalue weighted by atomic mass is 10.1. The maximum atomic E-state index is 12.9. The van der Waals surface area contributed by atoms with Gasteiger partial charge in [-0.25, -0.2) is 0 Å². The summed E-state index contributed by atoms with van der Waals surface area (Å²) in [4.78, 5) is 25.3. The van der Waals surface area contributed by atoms with Crippen molar-refractivity contribution in [1.29, 1.82) is 0 Å². The van der Waals surface area contributed by atoms with Crippen molar-refractivity contribution >= 4 is 13.7 Å². The van der Waals surface area contributed by atoms with E-state index in [1.165, 1.54) is 32.1 Å². The van der Waals surface area contributed by atoms with Crippen LogP contribution in [-0.2, 0) is 18.4 Å². The molecule has 0 rings (SSSR count). The molecule has 0 bridgehead atoms. The number of quaternary nitrogens is 1. The number of carbonyl (C=O) groups excluding carboxylic acids is 1. The summed E-state index contributed by atoms with van der Waals surface area (Å²) in [6.45, 7) is 4.42. The molecule has 3 unspecified atom stereocenters. The fourth-order valence-corrected chi connectivity index (χ4v) is 7.15. The number of aliphatic hydroxyl groups excluding tert-OH is 1. The lowest BCUT2D eigenvalue weighted by molar-refractivity contribution is -0.870. The number of nitrogens with one attached hydrogen (secondary N) is 1. The molecule has 0 heterocycles. The predicted octanol–water partition coefficient (Wildman–Crippen LogP) is 15.1. The molecule has 8 nitrogen and oxygen atoms in total. The van der Waals surface area contributed by atoms with Gasteiger partial charge in [0, 0.05) is 6.42 Å². The van der Waals surface area contributed by atoms with Crippen LogP contribution < -0.4 is 10.2 Å². The van der Waals surface area contributed by atoms with Crippen molar-refractivity contribution < 1.29 is 32.9 Å². The minimum absolute atomic E-state index is 0.0204. The Morgan fingerprint density at radius 1 is 0.529 bits per heavy atom. The second kappa shape index (κ2) is 48.4. The van der Waals surface area contributed by atoms with Crippen LogP contribution in [0.1, 0.15) is 168 Å². The third-order valence-corrected chi connectivity index (χ3v) is 11.5. The van der Waals surface area contributed by atoms with E-state index < -0.39 is 26.6 Å². The number of hydrogen-bond donors (Lipinski definition) is 2. The number of nitrogens with zero attached hydrogens (tertiary/aromatic N) is 1. The molecule has 0 aromatic carbocycles. The van der Waals surface area contributed by atoms with E-state index in [1.807, 2.05) is 27.2 Å². The Hall–Kier alpha value is -3.62. The molecule has 0 saturated carbocycles. The number of hydrogen-bond acceptors (Lipinski definition) is 6. The van der Waals surface area contributed by atoms with Crippen molar-refractivity contribution in [3.8, 4) is 0 Å². The molecule has 0 saturated heterocycles. The van der Waals surface area contributed by atoms with E-state index in [-0.39, 0.29) is 12.5 Å². The summed E-state index contributed by atoms with van der Waals surface area (Å²) in [6, 6.07) is -0.927. The second-order valence-corrected chi connectivity index (χ2v) is 19.5. The Kier molecular flexibility index (Phi) is 45.8. The van der Waals surface area contributed by atoms with Crippen molar-refractivity contribution in [2.75, 3.05) is 40.9 Å². The SMILES string of the molecule is CC/C=C\C/C=C\C/C=C\C/C=C\C/C=C\C/C=C\C/C=C\C/C=C\C/C=C\C/C=C\CCCCCCC(=O)NC(COP(=O)([O-])OCC[N+](C)(C)C)C(O)/C=C/CC/C=C/CCCCCCC. The summed E-state index contributed by atoms with van der Waals surface area (Å²) in [5.74, 6) is -0.241. The van der Waals surface area contributed by atoms with Crippen LogP contribution in [-0.4, -0.2) is 68.5 Å². The maximum Gasteiger partial charge on any atom is 0.268 e. The van der Waals surface area contributed by atoms with Gasteiger partial charge in [-0.3, -0.25) is 9.36 Å². The molecule has 2 N–H and O–H groups in total. The van der Waals surface area contributed by atoms with Crippen LogP contribution in [0.5, 0.6) is 0 Å². The molecule has 0 spiro atoms. The molecule has 9 heteroatoms. The van der Waals surface area contributed by atoms with Crippen LogP contribution in [0.4, 0.5) is 0 Å². The molecule has 0 aromatic rings. The maximum absolute atomic E-state index is 12.9. The monoisotopic (exact) mass is 961 g/mol. The molecular weight excluding hydrogens is 864 g/mol. The predicted molar refractivity (Wildman–Crippen MR) is 292 cm³/mol. The zero-order valence-electron chi connectivity index (χ0n) is 43.5. The van der Waals surface area contributed by atoms with Crippen molar-refractivity contribution in [3.63, 3.8) is 0 Å². The Bertz CT molecular complexity index is 1610. The third kappa shape index (κ3) is 50.3. The number of carbonyl (C=O) groups is 1. The van der Waals surface area contributed by atoms with E-state index in [0.29, 0.717) is 23.9 Å². The Morgan fingerprint density at radius 2 is 0.912 bits per heavy atom. The molecule has 0 radical (unpaired) electrons. The molecule has 1 amide bonds. The van der Waals surface area contributed by atoms with Crippen LogP contribution in [0.2, 0.25) is 0 Å². The summed E-state index contributed by atoms with van der Waals surface area (Å²) in [5.41, 5.74) is 0. The molecule has 0 aliphatic rings. The number of phosphoric acid groups is 1. The first kappa shape index (κ1) is 64.4. The van der Waals surface area contributed by atoms with E-state index in [9.17, 15) is 19.4 Å². The van der Waals surface area contributed by atoms with Gasteiger partial charge < -0.3 is 28.8 Å². The highest BCUT2D eigenvalue weighted by molar-refractivity contribution is 7.45. The fourth-order valence-electron chi connectivity index (χ4n) is 6.43. The van der Waals surface area contributed by atoms with Gasteiger partial charge in [0.15, 0.2) is 0 Å². The molecule has 0 aromatic heterocycles. The van der Waals surface area contributed by atoms with Crippen LogP contribution >= 0.6 is 7.82 Å². The van der Waals surface area contributed by atoms with Crippen molar-refractivity contribution in [1.82, 2.24) is 5.32 Å². The zero-order chi connectivity index (χ0) is 49.9. The first-order chi connectivity index (χ1) is 33.0. The highest BCUT2D eigenvalue weighted by Gasteiger charge is 2.23. The smallest absolute Gasteiger partial charge is 0.268 e. The van der Waals surface area contributed by atoms with E-state index in [0.717, 1.165) is 109 Å². The quantitative estimate of drug-likeness (QED) is 0.0272. The minimum Gasteiger partial charge on any atom is -0.756 e. The summed E-state index contributed by atoms with van der Waals surface area (Å²) >= 11 is 0. The van der Waals surface area contributed by atoms with Gasteiger partial charge in [0.2, 0.25) is 5.91 Å². The van der Waals surface area contributed by atoms with Gasteiger partial charge in [-0.2, -0.15) is 0 Å². The van der Waals surface area contributed by atoms with Crippen molar-refractivity contribution in [3.05, 3.63) is 146 Å². The molecule has 68 heavy (non-hydrogen) atoms. The van der Waals surface area contributed by atoms with Gasteiger partial charge >= 0.3 is 0 Å². The summed E-state index contributed by atoms with van der Waals surface area (Å²) < 4.78 is 23.2. The first-order valence-electron chi connectivity index (χ1n) is 26.2. The van der Waals surface area contributed by atoms with Gasteiger partial charge in [-0.15, -0.1) is 0 Å². The molecule has 0 fully saturated rings. The van der Waals surface area contributed by atoms with Gasteiger partial charge in [0.05, 0.1) is 39.9 Å². The van der Waals surface area contributed by atoms with E-state index >= 15 is 0 Å². The molecule has 0 aliphatic heterocycles. The molecule has 3 atom stereocenters. The average Bonchev–Trinajstić information content (AvgIpc) is 3.30. The van der Waals surface area contributed by atoms with Crippen molar-refractivity contribution in [2.45, 2.75) is 180 Å². The van der Waals surface area contributed by atoms with Gasteiger partial charge in [-0.05, 0) is 109 Å². The lowest BCUT2D eigenvalue weighted by Gasteiger charge is -2.29. The Labute approximate surface area is 417 Å². The Morgan fingerprint density at radius 3 is 1.35 bits per heavy atom. The first-order valence-corrected chi connectivity index (χ1v) is 27.7. The number of amides is 1. The second-order valence-electron chi connectivity index (χ2n) is 18.1. The summed E-state index contributed by atoms with van der Waals surface area (Å²) in [6.07, 6.45) is 75.0. The number of phosphoric ester groups is 1. The van der Waals surface area contributed by atoms with Crippen LogP contribution in [0.15, 0.2) is 146 Å². The number of likely N-dealkylation sites (N-methyl/N-ethyl adjacent to an activating group) is 1. The highest BCUT2D eigenvalue weighted by Crippen LogP contribution is 2.38. The molecule has 0 aliphatic carbocycles. The number of unbranched alkanes of at least 4 members (excludes halogenated alkanes) is 10. The van der Waals surface area contributed by atoms with E-state index in [4.69, 9.17) is 9.05 Å². The fraction of sp³-hybridized carbons (Fsp3) is 0.576. The minimum atomic E-state index is -4.61. The topological polar surface area (TPSA) is 108 Å². The van der Waals surface area contributed by atoms with Gasteiger partial charge in [0.25, 0.3) is 7.82 Å². The lowest BCUT2D eigenvalue weighted by Crippen LogP contribution is -2.45. The number of aliphatic hydroxyl groups is 1. The van der Waals surface area contributed by atoms with Crippen LogP contribution in [0.3, 0.4) is 0 Å². The van der Waals surface area contributed by atoms with Crippen LogP contribution in [0, 0.1) is 0 Å². The summed E-state index contributed by atoms with van der Waals surface area (Å²) in [5, 5.41) is 13.7. The molecule has 384 valence electrons. The van der Waals surface area contributed by atoms with E-state index in [2.05, 4.69) is 153 Å². The van der Waals surface area contributed by atoms with Gasteiger partial charge in [-0.1, -0.05) is 198 Å². The Balaban J connectivity index is 4.27. The van der Waals surface area contributed by atoms with Crippen molar-refractivity contribution in [2.24, 2.45) is 0 Å². The molecular formula is C59H97N2O6P. The van der Waals surface area contributed by atoms with E-state index in [1.54, 1.807) is 6.08 Å². The summed E-state index contributed by atoms with van der Waals surface area (Å²) in [7, 11) is 1.20.